The number of methoxy groups -OCH3 is 4. The van der Waals surface area contributed by atoms with Gasteiger partial charge in [0.2, 0.25) is 0 Å². The molecule has 0 spiro atoms. The molecule has 2 aromatic rings. The standard InChI is InChI=1S/C23H26O7/c1-6-30-23(25)16-10-17(24)14-11-20(28-4)21(29-5)12-15(14)22(16)13-7-8-18(26-2)19(9-13)27-3/h7-9,11-12,16,22H,6,10H2,1-5H3/t16-,22-/m1/s1. The first-order valence-electron chi connectivity index (χ1n) is 9.66. The van der Waals surface area contributed by atoms with Crippen molar-refractivity contribution >= 4 is 11.8 Å². The monoisotopic (exact) mass is 414 g/mol. The second-order valence-corrected chi connectivity index (χ2v) is 6.87. The molecule has 0 radical (unpaired) electrons. The fraction of sp³-hybridized carbons (Fsp3) is 0.391. The average Bonchev–Trinajstić information content (AvgIpc) is 2.77. The molecule has 1 aliphatic rings. The second-order valence-electron chi connectivity index (χ2n) is 6.87. The van der Waals surface area contributed by atoms with Crippen molar-refractivity contribution in [2.45, 2.75) is 19.3 Å². The molecule has 0 N–H and O–H groups in total. The van der Waals surface area contributed by atoms with Crippen molar-refractivity contribution in [3.63, 3.8) is 0 Å². The molecule has 30 heavy (non-hydrogen) atoms. The van der Waals surface area contributed by atoms with Crippen LogP contribution < -0.4 is 18.9 Å². The molecule has 7 heteroatoms. The molecule has 2 aromatic carbocycles. The normalized spacial score (nSPS) is 17.7. The maximum atomic E-state index is 12.9. The first kappa shape index (κ1) is 21.5. The third-order valence-corrected chi connectivity index (χ3v) is 5.35. The van der Waals surface area contributed by atoms with Gasteiger partial charge in [0, 0.05) is 17.9 Å². The Labute approximate surface area is 175 Å². The molecule has 0 saturated heterocycles. The van der Waals surface area contributed by atoms with Crippen LogP contribution in [0.4, 0.5) is 0 Å². The van der Waals surface area contributed by atoms with E-state index in [2.05, 4.69) is 0 Å². The lowest BCUT2D eigenvalue weighted by Crippen LogP contribution is -2.33. The van der Waals surface area contributed by atoms with Crippen LogP contribution in [0.1, 0.15) is 40.7 Å². The fourth-order valence-electron chi connectivity index (χ4n) is 3.96. The zero-order valence-corrected chi connectivity index (χ0v) is 17.8. The number of ether oxygens (including phenoxy) is 5. The number of carbonyl (C=O) groups is 2. The van der Waals surface area contributed by atoms with Crippen LogP contribution in [-0.4, -0.2) is 46.8 Å². The van der Waals surface area contributed by atoms with Crippen LogP contribution in [0.25, 0.3) is 0 Å². The number of Topliss-reactive ketones (excluding diaryl/α,β-unsaturated/α-hetero) is 1. The third kappa shape index (κ3) is 3.79. The van der Waals surface area contributed by atoms with E-state index in [4.69, 9.17) is 23.7 Å². The maximum Gasteiger partial charge on any atom is 0.310 e. The van der Waals surface area contributed by atoms with Gasteiger partial charge in [-0.3, -0.25) is 9.59 Å². The quantitative estimate of drug-likeness (QED) is 0.640. The molecule has 0 aromatic heterocycles. The minimum atomic E-state index is -0.666. The van der Waals surface area contributed by atoms with Gasteiger partial charge in [-0.05, 0) is 42.3 Å². The summed E-state index contributed by atoms with van der Waals surface area (Å²) in [5.74, 6) is 0.429. The molecule has 0 saturated carbocycles. The highest BCUT2D eigenvalue weighted by Gasteiger charge is 2.41. The van der Waals surface area contributed by atoms with Crippen LogP contribution in [0.3, 0.4) is 0 Å². The van der Waals surface area contributed by atoms with E-state index in [0.29, 0.717) is 34.1 Å². The van der Waals surface area contributed by atoms with E-state index < -0.39 is 17.8 Å². The molecule has 0 aliphatic heterocycles. The molecule has 2 atom stereocenters. The molecule has 1 aliphatic carbocycles. The summed E-state index contributed by atoms with van der Waals surface area (Å²) < 4.78 is 26.9. The van der Waals surface area contributed by atoms with E-state index in [1.807, 2.05) is 12.1 Å². The van der Waals surface area contributed by atoms with Gasteiger partial charge >= 0.3 is 5.97 Å². The summed E-state index contributed by atoms with van der Waals surface area (Å²) in [6.45, 7) is 1.98. The van der Waals surface area contributed by atoms with Gasteiger partial charge in [-0.1, -0.05) is 6.07 Å². The Hall–Kier alpha value is -3.22. The molecular weight excluding hydrogens is 388 g/mol. The SMILES string of the molecule is CCOC(=O)[C@@H]1CC(=O)c2cc(OC)c(OC)cc2[C@H]1c1ccc(OC)c(OC)c1. The maximum absolute atomic E-state index is 12.9. The van der Waals surface area contributed by atoms with Gasteiger partial charge in [0.1, 0.15) is 0 Å². The van der Waals surface area contributed by atoms with E-state index >= 15 is 0 Å². The van der Waals surface area contributed by atoms with Crippen molar-refractivity contribution in [3.05, 3.63) is 47.0 Å². The van der Waals surface area contributed by atoms with Crippen LogP contribution >= 0.6 is 0 Å². The summed E-state index contributed by atoms with van der Waals surface area (Å²) >= 11 is 0. The number of fused-ring (bicyclic) bond motifs is 1. The second kappa shape index (κ2) is 9.07. The van der Waals surface area contributed by atoms with Gasteiger partial charge < -0.3 is 23.7 Å². The van der Waals surface area contributed by atoms with E-state index in [9.17, 15) is 9.59 Å². The zero-order valence-electron chi connectivity index (χ0n) is 17.8. The summed E-state index contributed by atoms with van der Waals surface area (Å²) in [6.07, 6.45) is 0.0420. The van der Waals surface area contributed by atoms with Gasteiger partial charge in [0.25, 0.3) is 0 Å². The summed E-state index contributed by atoms with van der Waals surface area (Å²) in [7, 11) is 6.16. The van der Waals surface area contributed by atoms with Gasteiger partial charge in [0.15, 0.2) is 28.8 Å². The van der Waals surface area contributed by atoms with Crippen LogP contribution in [-0.2, 0) is 9.53 Å². The largest absolute Gasteiger partial charge is 0.493 e. The van der Waals surface area contributed by atoms with Crippen LogP contribution in [0.2, 0.25) is 0 Å². The number of hydrogen-bond donors (Lipinski definition) is 0. The summed E-state index contributed by atoms with van der Waals surface area (Å²) in [5.41, 5.74) is 2.01. The Morgan fingerprint density at radius 1 is 0.900 bits per heavy atom. The van der Waals surface area contributed by atoms with E-state index in [1.165, 1.54) is 14.2 Å². The van der Waals surface area contributed by atoms with Crippen molar-refractivity contribution in [1.29, 1.82) is 0 Å². The highest BCUT2D eigenvalue weighted by Crippen LogP contribution is 2.46. The molecular formula is C23H26O7. The lowest BCUT2D eigenvalue weighted by molar-refractivity contribution is -0.148. The molecule has 0 heterocycles. The lowest BCUT2D eigenvalue weighted by Gasteiger charge is -2.32. The van der Waals surface area contributed by atoms with Crippen LogP contribution in [0, 0.1) is 5.92 Å². The van der Waals surface area contributed by atoms with Crippen LogP contribution in [0.5, 0.6) is 23.0 Å². The molecule has 160 valence electrons. The fourth-order valence-corrected chi connectivity index (χ4v) is 3.96. The predicted molar refractivity (Wildman–Crippen MR) is 110 cm³/mol. The van der Waals surface area contributed by atoms with Gasteiger partial charge in [-0.15, -0.1) is 0 Å². The highest BCUT2D eigenvalue weighted by atomic mass is 16.5. The number of benzene rings is 2. The van der Waals surface area contributed by atoms with Crippen LogP contribution in [0.15, 0.2) is 30.3 Å². The van der Waals surface area contributed by atoms with Gasteiger partial charge in [0.05, 0.1) is 41.0 Å². The van der Waals surface area contributed by atoms with E-state index in [0.717, 1.165) is 5.56 Å². The highest BCUT2D eigenvalue weighted by molar-refractivity contribution is 6.02. The van der Waals surface area contributed by atoms with Crippen molar-refractivity contribution in [2.24, 2.45) is 5.92 Å². The minimum Gasteiger partial charge on any atom is -0.493 e. The Bertz CT molecular complexity index is 951. The van der Waals surface area contributed by atoms with Crippen molar-refractivity contribution in [1.82, 2.24) is 0 Å². The molecule has 0 fully saturated rings. The molecule has 0 bridgehead atoms. The minimum absolute atomic E-state index is 0.0420. The topological polar surface area (TPSA) is 80.3 Å². The smallest absolute Gasteiger partial charge is 0.310 e. The van der Waals surface area contributed by atoms with E-state index in [1.54, 1.807) is 39.3 Å². The first-order chi connectivity index (χ1) is 14.5. The number of hydrogen-bond acceptors (Lipinski definition) is 7. The Morgan fingerprint density at radius 2 is 1.50 bits per heavy atom. The molecule has 0 amide bonds. The Balaban J connectivity index is 2.23. The van der Waals surface area contributed by atoms with E-state index in [-0.39, 0.29) is 18.8 Å². The Kier molecular flexibility index (Phi) is 6.50. The molecule has 0 unspecified atom stereocenters. The third-order valence-electron chi connectivity index (χ3n) is 5.35. The predicted octanol–water partition coefficient (Wildman–Crippen LogP) is 3.62. The van der Waals surface area contributed by atoms with Gasteiger partial charge in [-0.2, -0.15) is 0 Å². The number of carbonyl (C=O) groups excluding carboxylic acids is 2. The molecule has 3 rings (SSSR count). The Morgan fingerprint density at radius 3 is 2.10 bits per heavy atom. The van der Waals surface area contributed by atoms with Crippen molar-refractivity contribution in [2.75, 3.05) is 35.0 Å². The zero-order chi connectivity index (χ0) is 21.8. The van der Waals surface area contributed by atoms with Crippen molar-refractivity contribution in [3.8, 4) is 23.0 Å². The molecule has 7 nitrogen and oxygen atoms in total. The lowest BCUT2D eigenvalue weighted by atomic mass is 9.71. The summed E-state index contributed by atoms with van der Waals surface area (Å²) in [4.78, 5) is 25.7. The number of rotatable bonds is 7. The summed E-state index contributed by atoms with van der Waals surface area (Å²) in [6, 6.07) is 8.91. The number of esters is 1. The van der Waals surface area contributed by atoms with Crippen molar-refractivity contribution < 1.29 is 33.3 Å². The number of ketones is 1. The van der Waals surface area contributed by atoms with Gasteiger partial charge in [-0.25, -0.2) is 0 Å². The first-order valence-corrected chi connectivity index (χ1v) is 9.66. The summed E-state index contributed by atoms with van der Waals surface area (Å²) in [5, 5.41) is 0. The average molecular weight is 414 g/mol.